The predicted molar refractivity (Wildman–Crippen MR) is 51.2 cm³/mol. The van der Waals surface area contributed by atoms with Crippen LogP contribution in [0.3, 0.4) is 0 Å². The quantitative estimate of drug-likeness (QED) is 0.545. The van der Waals surface area contributed by atoms with Gasteiger partial charge in [0.05, 0.1) is 6.61 Å². The zero-order valence-corrected chi connectivity index (χ0v) is 7.75. The van der Waals surface area contributed by atoms with Crippen molar-refractivity contribution in [2.45, 2.75) is 6.42 Å². The largest absolute Gasteiger partial charge is 0.475 e. The van der Waals surface area contributed by atoms with Crippen molar-refractivity contribution in [1.82, 2.24) is 0 Å². The Bertz CT molecular complexity index is 302. The lowest BCUT2D eigenvalue weighted by Gasteiger charge is -2.01. The Morgan fingerprint density at radius 1 is 1.38 bits per heavy atom. The molecule has 0 spiro atoms. The summed E-state index contributed by atoms with van der Waals surface area (Å²) in [6.07, 6.45) is 0.735. The monoisotopic (exact) mass is 196 g/mol. The average Bonchev–Trinajstić information content (AvgIpc) is 2.19. The average molecular weight is 197 g/mol. The molecule has 0 heterocycles. The van der Waals surface area contributed by atoms with Gasteiger partial charge in [-0.25, -0.2) is 4.79 Å². The fourth-order valence-electron chi connectivity index (χ4n) is 0.933. The summed E-state index contributed by atoms with van der Waals surface area (Å²) in [4.78, 5) is 9.93. The number of hydrogen-bond acceptors (Lipinski definition) is 2. The van der Waals surface area contributed by atoms with Crippen molar-refractivity contribution in [2.75, 3.05) is 6.61 Å². The van der Waals surface area contributed by atoms with E-state index < -0.39 is 0 Å². The van der Waals surface area contributed by atoms with Gasteiger partial charge in [-0.15, -0.1) is 0 Å². The molecule has 0 saturated heterocycles. The van der Waals surface area contributed by atoms with E-state index in [9.17, 15) is 4.79 Å². The van der Waals surface area contributed by atoms with Gasteiger partial charge in [-0.05, 0) is 17.2 Å². The van der Waals surface area contributed by atoms with Gasteiger partial charge in [-0.3, -0.25) is 0 Å². The first kappa shape index (κ1) is 9.85. The van der Waals surface area contributed by atoms with Gasteiger partial charge in [0.15, 0.2) is 5.94 Å². The number of ether oxygens (including phenoxy) is 1. The highest BCUT2D eigenvalue weighted by Crippen LogP contribution is 2.03. The second-order valence-electron chi connectivity index (χ2n) is 2.46. The first-order valence-electron chi connectivity index (χ1n) is 3.90. The molecule has 0 bridgehead atoms. The smallest absolute Gasteiger partial charge is 0.274 e. The van der Waals surface area contributed by atoms with Gasteiger partial charge in [0, 0.05) is 6.42 Å². The lowest BCUT2D eigenvalue weighted by Crippen LogP contribution is -1.95. The normalized spacial score (nSPS) is 9.00. The van der Waals surface area contributed by atoms with E-state index in [0.717, 1.165) is 12.0 Å². The number of benzene rings is 1. The van der Waals surface area contributed by atoms with Crippen LogP contribution in [0, 0.1) is 0 Å². The molecule has 13 heavy (non-hydrogen) atoms. The molecule has 1 aromatic rings. The molecule has 0 aliphatic heterocycles. The van der Waals surface area contributed by atoms with E-state index in [4.69, 9.17) is 16.3 Å². The first-order chi connectivity index (χ1) is 6.33. The topological polar surface area (TPSA) is 26.3 Å². The van der Waals surface area contributed by atoms with Crippen molar-refractivity contribution in [1.29, 1.82) is 0 Å². The van der Waals surface area contributed by atoms with Crippen LogP contribution in [0.5, 0.6) is 0 Å². The van der Waals surface area contributed by atoms with Gasteiger partial charge >= 0.3 is 0 Å². The predicted octanol–water partition coefficient (Wildman–Crippen LogP) is 2.16. The van der Waals surface area contributed by atoms with E-state index in [0.29, 0.717) is 6.61 Å². The van der Waals surface area contributed by atoms with Crippen molar-refractivity contribution >= 4 is 17.5 Å². The molecule has 0 unspecified atom stereocenters. The van der Waals surface area contributed by atoms with Crippen LogP contribution in [-0.4, -0.2) is 12.5 Å². The van der Waals surface area contributed by atoms with E-state index in [1.54, 1.807) is 0 Å². The fraction of sp³-hybridized carbons (Fsp3) is 0.200. The van der Waals surface area contributed by atoms with Crippen LogP contribution >= 0.6 is 11.6 Å². The Hall–Kier alpha value is -1.24. The van der Waals surface area contributed by atoms with Gasteiger partial charge in [0.25, 0.3) is 5.22 Å². The molecule has 0 saturated carbocycles. The van der Waals surface area contributed by atoms with Crippen molar-refractivity contribution in [3.8, 4) is 0 Å². The van der Waals surface area contributed by atoms with Crippen molar-refractivity contribution in [3.05, 3.63) is 41.1 Å². The minimum Gasteiger partial charge on any atom is -0.475 e. The SMILES string of the molecule is O=C=C(Cl)OCCc1ccccc1. The van der Waals surface area contributed by atoms with Gasteiger partial charge < -0.3 is 4.74 Å². The summed E-state index contributed by atoms with van der Waals surface area (Å²) in [7, 11) is 0. The highest BCUT2D eigenvalue weighted by molar-refractivity contribution is 6.31. The minimum atomic E-state index is -0.212. The zero-order valence-electron chi connectivity index (χ0n) is 7.00. The van der Waals surface area contributed by atoms with Crippen LogP contribution in [0.1, 0.15) is 5.56 Å². The summed E-state index contributed by atoms with van der Waals surface area (Å²) in [5.74, 6) is 1.46. The molecule has 0 amide bonds. The van der Waals surface area contributed by atoms with Crippen LogP contribution in [0.25, 0.3) is 0 Å². The highest BCUT2D eigenvalue weighted by atomic mass is 35.5. The van der Waals surface area contributed by atoms with Gasteiger partial charge in [-0.2, -0.15) is 0 Å². The number of hydrogen-bond donors (Lipinski definition) is 0. The number of halogens is 1. The Morgan fingerprint density at radius 3 is 2.69 bits per heavy atom. The molecule has 0 radical (unpaired) electrons. The summed E-state index contributed by atoms with van der Waals surface area (Å²) in [5, 5.41) is -0.212. The summed E-state index contributed by atoms with van der Waals surface area (Å²) in [6.45, 7) is 0.401. The van der Waals surface area contributed by atoms with Crippen molar-refractivity contribution in [3.63, 3.8) is 0 Å². The highest BCUT2D eigenvalue weighted by Gasteiger charge is 1.94. The minimum absolute atomic E-state index is 0.212. The first-order valence-corrected chi connectivity index (χ1v) is 4.28. The van der Waals surface area contributed by atoms with Crippen LogP contribution in [0.15, 0.2) is 35.6 Å². The van der Waals surface area contributed by atoms with Gasteiger partial charge in [0.2, 0.25) is 0 Å². The molecule has 68 valence electrons. The number of rotatable bonds is 4. The van der Waals surface area contributed by atoms with E-state index in [-0.39, 0.29) is 5.22 Å². The van der Waals surface area contributed by atoms with Gasteiger partial charge in [0.1, 0.15) is 0 Å². The standard InChI is InChI=1S/C10H9ClO2/c11-10(8-12)13-7-6-9-4-2-1-3-5-9/h1-5H,6-7H2. The molecular formula is C10H9ClO2. The maximum Gasteiger partial charge on any atom is 0.274 e. The summed E-state index contributed by atoms with van der Waals surface area (Å²) in [6, 6.07) is 9.82. The Kier molecular flexibility index (Phi) is 4.10. The van der Waals surface area contributed by atoms with E-state index >= 15 is 0 Å². The molecule has 0 atom stereocenters. The fourth-order valence-corrected chi connectivity index (χ4v) is 1.01. The Morgan fingerprint density at radius 2 is 2.08 bits per heavy atom. The van der Waals surface area contributed by atoms with Crippen LogP contribution in [0.4, 0.5) is 0 Å². The Balaban J connectivity index is 2.32. The molecule has 0 aromatic heterocycles. The van der Waals surface area contributed by atoms with E-state index in [1.807, 2.05) is 30.3 Å². The molecule has 3 heteroatoms. The van der Waals surface area contributed by atoms with E-state index in [1.165, 1.54) is 5.94 Å². The summed E-state index contributed by atoms with van der Waals surface area (Å²) >= 11 is 5.30. The number of carbonyl (C=O) groups excluding carboxylic acids is 1. The van der Waals surface area contributed by atoms with Gasteiger partial charge in [-0.1, -0.05) is 30.3 Å². The third-order valence-corrected chi connectivity index (χ3v) is 1.73. The lowest BCUT2D eigenvalue weighted by molar-refractivity contribution is 0.243. The third kappa shape index (κ3) is 3.79. The maximum atomic E-state index is 9.93. The van der Waals surface area contributed by atoms with Crippen LogP contribution < -0.4 is 0 Å². The molecule has 0 aliphatic rings. The van der Waals surface area contributed by atoms with Crippen molar-refractivity contribution in [2.24, 2.45) is 0 Å². The van der Waals surface area contributed by atoms with Crippen molar-refractivity contribution < 1.29 is 9.53 Å². The molecular weight excluding hydrogens is 188 g/mol. The third-order valence-electron chi connectivity index (χ3n) is 1.54. The molecule has 0 fully saturated rings. The molecule has 1 rings (SSSR count). The molecule has 1 aromatic carbocycles. The zero-order chi connectivity index (χ0) is 9.52. The van der Waals surface area contributed by atoms with E-state index in [2.05, 4.69) is 0 Å². The Labute approximate surface area is 81.8 Å². The summed E-state index contributed by atoms with van der Waals surface area (Å²) < 4.78 is 4.85. The molecule has 2 nitrogen and oxygen atoms in total. The second-order valence-corrected chi connectivity index (χ2v) is 2.80. The second kappa shape index (κ2) is 5.41. The maximum absolute atomic E-state index is 9.93. The molecule has 0 N–H and O–H groups in total. The van der Waals surface area contributed by atoms with Crippen LogP contribution in [0.2, 0.25) is 0 Å². The van der Waals surface area contributed by atoms with Crippen LogP contribution in [-0.2, 0) is 16.0 Å². The lowest BCUT2D eigenvalue weighted by atomic mass is 10.2. The molecule has 0 aliphatic carbocycles. The summed E-state index contributed by atoms with van der Waals surface area (Å²) in [5.41, 5.74) is 1.15.